The third kappa shape index (κ3) is 14.5. The number of aliphatic hydroxyl groups is 5. The molecule has 0 spiro atoms. The highest BCUT2D eigenvalue weighted by atomic mass is 19.1. The second-order valence-electron chi connectivity index (χ2n) is 21.6. The van der Waals surface area contributed by atoms with Gasteiger partial charge in [0.25, 0.3) is 5.56 Å². The first-order chi connectivity index (χ1) is 41.2. The van der Waals surface area contributed by atoms with E-state index in [9.17, 15) is 68.7 Å². The van der Waals surface area contributed by atoms with Gasteiger partial charge in [-0.25, -0.2) is 19.0 Å². The van der Waals surface area contributed by atoms with Crippen LogP contribution in [0.3, 0.4) is 0 Å². The number of nitrogens with zero attached hydrogens (tertiary/aromatic N) is 2. The number of alkyl carbamates (subject to hydrolysis) is 1. The number of carbonyl (C=O) groups is 8. The van der Waals surface area contributed by atoms with E-state index in [2.05, 4.69) is 42.0 Å². The molecular formula is C58H72FN9O18. The normalized spacial score (nSPS) is 21.5. The molecule has 2 aromatic carbocycles. The van der Waals surface area contributed by atoms with Gasteiger partial charge in [-0.15, -0.1) is 0 Å². The van der Waals surface area contributed by atoms with Crippen molar-refractivity contribution >= 4 is 58.4 Å². The molecule has 4 aromatic rings. The highest BCUT2D eigenvalue weighted by molar-refractivity contribution is 5.95. The van der Waals surface area contributed by atoms with E-state index in [1.807, 2.05) is 0 Å². The number of rotatable bonds is 26. The third-order valence-electron chi connectivity index (χ3n) is 16.1. The van der Waals surface area contributed by atoms with Gasteiger partial charge >= 0.3 is 12.1 Å². The van der Waals surface area contributed by atoms with Gasteiger partial charge in [0.05, 0.1) is 62.4 Å². The maximum Gasteiger partial charge on any atom is 0.407 e. The summed E-state index contributed by atoms with van der Waals surface area (Å²) in [4.78, 5) is 122. The maximum absolute atomic E-state index is 15.4. The zero-order valence-electron chi connectivity index (χ0n) is 47.7. The summed E-state index contributed by atoms with van der Waals surface area (Å²) in [7, 11) is 1.04. The number of aliphatic hydroxyl groups excluding tert-OH is 4. The Morgan fingerprint density at radius 3 is 2.24 bits per heavy atom. The molecule has 1 fully saturated rings. The second kappa shape index (κ2) is 28.5. The fourth-order valence-corrected chi connectivity index (χ4v) is 11.3. The van der Waals surface area contributed by atoms with E-state index in [1.54, 1.807) is 54.8 Å². The lowest BCUT2D eigenvalue weighted by Crippen LogP contribution is -2.60. The number of fused-ring (bicyclic) bond motifs is 5. The van der Waals surface area contributed by atoms with Gasteiger partial charge in [0, 0.05) is 48.6 Å². The van der Waals surface area contributed by atoms with Gasteiger partial charge in [0.15, 0.2) is 5.60 Å². The van der Waals surface area contributed by atoms with Gasteiger partial charge in [-0.3, -0.25) is 33.6 Å². The molecule has 7 amide bonds. The van der Waals surface area contributed by atoms with Crippen molar-refractivity contribution in [3.8, 4) is 11.4 Å². The van der Waals surface area contributed by atoms with Crippen molar-refractivity contribution in [3.63, 3.8) is 0 Å². The van der Waals surface area contributed by atoms with Crippen molar-refractivity contribution in [1.82, 2.24) is 46.8 Å². The molecule has 1 saturated heterocycles. The van der Waals surface area contributed by atoms with E-state index in [0.717, 1.165) is 42.0 Å². The smallest absolute Gasteiger partial charge is 0.407 e. The number of ether oxygens (including phenoxy) is 4. The van der Waals surface area contributed by atoms with Crippen LogP contribution >= 0.6 is 0 Å². The summed E-state index contributed by atoms with van der Waals surface area (Å²) in [5.74, 6) is -5.70. The highest BCUT2D eigenvalue weighted by Crippen LogP contribution is 2.48. The van der Waals surface area contributed by atoms with Crippen LogP contribution in [0.5, 0.6) is 0 Å². The van der Waals surface area contributed by atoms with Crippen molar-refractivity contribution in [3.05, 3.63) is 97.6 Å². The Hall–Kier alpha value is -7.99. The number of benzene rings is 2. The Morgan fingerprint density at radius 1 is 0.837 bits per heavy atom. The van der Waals surface area contributed by atoms with Crippen LogP contribution in [-0.2, 0) is 84.1 Å². The van der Waals surface area contributed by atoms with Crippen LogP contribution < -0.4 is 42.8 Å². The van der Waals surface area contributed by atoms with Crippen LogP contribution in [0.25, 0.3) is 22.3 Å². The summed E-state index contributed by atoms with van der Waals surface area (Å²) in [5, 5.41) is 68.9. The Balaban J connectivity index is 0.773. The zero-order valence-corrected chi connectivity index (χ0v) is 47.7. The van der Waals surface area contributed by atoms with Gasteiger partial charge in [-0.05, 0) is 79.7 Å². The molecule has 86 heavy (non-hydrogen) atoms. The molecule has 1 unspecified atom stereocenters. The van der Waals surface area contributed by atoms with Crippen LogP contribution in [-0.4, -0.2) is 178 Å². The molecule has 0 radical (unpaired) electrons. The van der Waals surface area contributed by atoms with Gasteiger partial charge in [0.2, 0.25) is 35.4 Å². The standard InChI is InChI=1S/C58H72FN9O18/c1-4-58(82)35-19-40-49-33(25-68(40)55(79)34(35)27-85-56(58)80)47-31(13-14-32-29(2)36(59)20-38(66-49)48(32)47)12-8-9-17-84-28-64-45(72)23-63-54(78)39(18-30-10-6-5-7-11-30)65-46(73)24-61-44(71)22-62-53(77)37(67-57(81)83-3)15-16-43(70)60-21-41-50(74)52(76)51(75)42(26-69)86-41/h5-7,10-11,19-20,31,37,39,41-42,50-52,69,74-76,82H,4,8-9,12-18,21-28H2,1-3H3,(H,60,70)(H,61,71)(H,62,77)(H,63,78)(H,64,72)(H,65,73)(H,67,81)/t31?,37-,39-,41-,42+,50-,51+,52+,58-/m0/s1. The van der Waals surface area contributed by atoms with Crippen molar-refractivity contribution in [1.29, 1.82) is 0 Å². The summed E-state index contributed by atoms with van der Waals surface area (Å²) in [5.41, 5.74) is 3.35. The number of aryl methyl sites for hydroxylation is 1. The minimum Gasteiger partial charge on any atom is -0.458 e. The minimum atomic E-state index is -2.00. The minimum absolute atomic E-state index is 0.00615. The number of cyclic esters (lactones) is 1. The molecule has 28 heteroatoms. The van der Waals surface area contributed by atoms with E-state index in [1.165, 1.54) is 6.07 Å². The van der Waals surface area contributed by atoms with Crippen LogP contribution in [0.1, 0.15) is 96.7 Å². The predicted octanol–water partition coefficient (Wildman–Crippen LogP) is -1.64. The van der Waals surface area contributed by atoms with Crippen molar-refractivity contribution in [2.24, 2.45) is 0 Å². The molecule has 0 bridgehead atoms. The number of hydrogen-bond donors (Lipinski definition) is 12. The molecule has 2 aromatic heterocycles. The zero-order chi connectivity index (χ0) is 62.0. The Bertz CT molecular complexity index is 3290. The molecule has 4 aliphatic rings. The van der Waals surface area contributed by atoms with E-state index < -0.39 is 122 Å². The molecule has 464 valence electrons. The molecule has 0 saturated carbocycles. The van der Waals surface area contributed by atoms with Crippen molar-refractivity contribution < 1.29 is 87.2 Å². The topological polar surface area (TPSA) is 394 Å². The van der Waals surface area contributed by atoms with Crippen LogP contribution in [0.4, 0.5) is 9.18 Å². The molecular weight excluding hydrogens is 1130 g/mol. The molecule has 1 aliphatic carbocycles. The molecule has 5 heterocycles. The number of pyridine rings is 2. The lowest BCUT2D eigenvalue weighted by atomic mass is 9.76. The summed E-state index contributed by atoms with van der Waals surface area (Å²) in [6.07, 6.45) is -5.56. The number of halogens is 1. The number of carbonyl (C=O) groups excluding carboxylic acids is 8. The first-order valence-corrected chi connectivity index (χ1v) is 28.4. The maximum atomic E-state index is 15.4. The van der Waals surface area contributed by atoms with E-state index in [-0.39, 0.29) is 87.1 Å². The van der Waals surface area contributed by atoms with Gasteiger partial charge in [0.1, 0.15) is 61.8 Å². The Kier molecular flexibility index (Phi) is 21.2. The van der Waals surface area contributed by atoms with Gasteiger partial charge < -0.3 is 86.3 Å². The average molecular weight is 1200 g/mol. The lowest BCUT2D eigenvalue weighted by molar-refractivity contribution is -0.227. The molecule has 27 nitrogen and oxygen atoms in total. The largest absolute Gasteiger partial charge is 0.458 e. The quantitative estimate of drug-likeness (QED) is 0.0168. The predicted molar refractivity (Wildman–Crippen MR) is 300 cm³/mol. The second-order valence-corrected chi connectivity index (χ2v) is 21.6. The van der Waals surface area contributed by atoms with E-state index in [4.69, 9.17) is 19.2 Å². The fourth-order valence-electron chi connectivity index (χ4n) is 11.3. The van der Waals surface area contributed by atoms with Crippen molar-refractivity contribution in [2.45, 2.75) is 139 Å². The fraction of sp³-hybridized carbons (Fsp3) is 0.517. The number of nitrogens with one attached hydrogen (secondary N) is 7. The third-order valence-corrected chi connectivity index (χ3v) is 16.1. The van der Waals surface area contributed by atoms with E-state index >= 15 is 4.39 Å². The number of amides is 7. The average Bonchev–Trinajstić information content (AvgIpc) is 1.48. The van der Waals surface area contributed by atoms with Crippen LogP contribution in [0, 0.1) is 12.7 Å². The van der Waals surface area contributed by atoms with Crippen LogP contribution in [0.2, 0.25) is 0 Å². The lowest BCUT2D eigenvalue weighted by Gasteiger charge is -2.40. The summed E-state index contributed by atoms with van der Waals surface area (Å²) in [6.45, 7) is 0.627. The summed E-state index contributed by atoms with van der Waals surface area (Å²) in [6, 6.07) is 9.15. The first-order valence-electron chi connectivity index (χ1n) is 28.4. The number of esters is 1. The monoisotopic (exact) mass is 1200 g/mol. The molecule has 9 atom stereocenters. The molecule has 3 aliphatic heterocycles. The number of hydrogen-bond acceptors (Lipinski definition) is 19. The summed E-state index contributed by atoms with van der Waals surface area (Å²) < 4.78 is 37.9. The van der Waals surface area contributed by atoms with Gasteiger partial charge in [-0.1, -0.05) is 43.7 Å². The SMILES string of the molecule is CC[C@@]1(O)C(=O)OCc2c1cc1n(c2=O)Cc2c-1nc1cc(F)c(C)c3c1c2C(CCCCOCNC(=O)CNC(=O)[C@H](Cc1ccccc1)NC(=O)CNC(=O)CNC(=O)[C@H](CCC(=O)NC[C@@H]1O[C@H](CO)[C@@H](O)[C@H](O)[C@H]1O)NC(=O)OC)CC3. The van der Waals surface area contributed by atoms with E-state index in [0.29, 0.717) is 47.3 Å². The Labute approximate surface area is 492 Å². The van der Waals surface area contributed by atoms with Gasteiger partial charge in [-0.2, -0.15) is 0 Å². The molecule has 12 N–H and O–H groups in total. The number of aromatic nitrogens is 2. The number of methoxy groups -OCH3 is 1. The summed E-state index contributed by atoms with van der Waals surface area (Å²) >= 11 is 0. The van der Waals surface area contributed by atoms with Crippen LogP contribution in [0.15, 0.2) is 47.3 Å². The highest BCUT2D eigenvalue weighted by Gasteiger charge is 2.47. The first kappa shape index (κ1) is 64.0. The Morgan fingerprint density at radius 2 is 1.53 bits per heavy atom. The number of unbranched alkanes of at least 4 members (excludes halogenated alkanes) is 1. The molecule has 8 rings (SSSR count). The van der Waals surface area contributed by atoms with Crippen molar-refractivity contribution in [2.75, 3.05) is 53.2 Å².